The van der Waals surface area contributed by atoms with Crippen LogP contribution < -0.4 is 0 Å². The molecule has 1 heterocycles. The van der Waals surface area contributed by atoms with Gasteiger partial charge in [-0.1, -0.05) is 17.7 Å². The summed E-state index contributed by atoms with van der Waals surface area (Å²) in [5.74, 6) is -1.25. The van der Waals surface area contributed by atoms with Gasteiger partial charge in [0.05, 0.1) is 17.2 Å². The van der Waals surface area contributed by atoms with E-state index in [1.165, 1.54) is 17.0 Å². The van der Waals surface area contributed by atoms with Crippen molar-refractivity contribution in [2.45, 2.75) is 0 Å². The normalized spacial score (nSPS) is 14.0. The van der Waals surface area contributed by atoms with Crippen molar-refractivity contribution in [2.24, 2.45) is 0 Å². The average molecular weight is 372 g/mol. The number of carbonyl (C=O) groups excluding carboxylic acids is 2. The fraction of sp³-hybridized carbons (Fsp3) is 0.211. The quantitative estimate of drug-likeness (QED) is 0.815. The van der Waals surface area contributed by atoms with E-state index in [0.717, 1.165) is 6.07 Å². The predicted octanol–water partition coefficient (Wildman–Crippen LogP) is 2.95. The zero-order valence-electron chi connectivity index (χ0n) is 13.8. The first-order valence-corrected chi connectivity index (χ1v) is 8.41. The fourth-order valence-corrected chi connectivity index (χ4v) is 3.02. The van der Waals surface area contributed by atoms with E-state index in [-0.39, 0.29) is 11.5 Å². The van der Waals surface area contributed by atoms with Crippen LogP contribution in [0.4, 0.5) is 4.39 Å². The molecule has 0 saturated carbocycles. The van der Waals surface area contributed by atoms with Crippen molar-refractivity contribution in [3.63, 3.8) is 0 Å². The van der Waals surface area contributed by atoms with Crippen molar-refractivity contribution in [3.05, 3.63) is 70.0 Å². The molecule has 3 rings (SSSR count). The molecule has 0 N–H and O–H groups in total. The molecule has 0 radical (unpaired) electrons. The van der Waals surface area contributed by atoms with E-state index in [9.17, 15) is 14.0 Å². The Labute approximate surface area is 155 Å². The smallest absolute Gasteiger partial charge is 0.257 e. The van der Waals surface area contributed by atoms with Gasteiger partial charge in [0.15, 0.2) is 0 Å². The Morgan fingerprint density at radius 1 is 1.00 bits per heavy atom. The van der Waals surface area contributed by atoms with Gasteiger partial charge < -0.3 is 9.80 Å². The summed E-state index contributed by atoms with van der Waals surface area (Å²) in [4.78, 5) is 28.2. The van der Waals surface area contributed by atoms with Crippen LogP contribution in [0.5, 0.6) is 0 Å². The highest BCUT2D eigenvalue weighted by Gasteiger charge is 2.27. The number of nitrogens with zero attached hydrogens (tertiary/aromatic N) is 3. The minimum absolute atomic E-state index is 0.0704. The first-order chi connectivity index (χ1) is 12.5. The lowest BCUT2D eigenvalue weighted by atomic mass is 10.1. The molecule has 0 aromatic heterocycles. The van der Waals surface area contributed by atoms with Gasteiger partial charge in [-0.2, -0.15) is 5.26 Å². The molecule has 0 atom stereocenters. The van der Waals surface area contributed by atoms with Crippen molar-refractivity contribution in [3.8, 4) is 6.07 Å². The second-order valence-electron chi connectivity index (χ2n) is 5.90. The van der Waals surface area contributed by atoms with Gasteiger partial charge >= 0.3 is 0 Å². The summed E-state index contributed by atoms with van der Waals surface area (Å²) < 4.78 is 13.9. The minimum Gasteiger partial charge on any atom is -0.335 e. The van der Waals surface area contributed by atoms with E-state index in [1.54, 1.807) is 29.2 Å². The van der Waals surface area contributed by atoms with E-state index >= 15 is 0 Å². The molecule has 0 unspecified atom stereocenters. The first kappa shape index (κ1) is 17.9. The van der Waals surface area contributed by atoms with Gasteiger partial charge in [0.1, 0.15) is 5.82 Å². The molecule has 7 heteroatoms. The molecule has 2 aromatic carbocycles. The van der Waals surface area contributed by atoms with Gasteiger partial charge in [-0.3, -0.25) is 9.59 Å². The molecule has 2 aromatic rings. The van der Waals surface area contributed by atoms with Crippen LogP contribution in [0.15, 0.2) is 42.5 Å². The lowest BCUT2D eigenvalue weighted by Crippen LogP contribution is -2.50. The number of hydrogen-bond donors (Lipinski definition) is 0. The van der Waals surface area contributed by atoms with E-state index < -0.39 is 11.7 Å². The van der Waals surface area contributed by atoms with Gasteiger partial charge in [-0.05, 0) is 36.4 Å². The largest absolute Gasteiger partial charge is 0.335 e. The van der Waals surface area contributed by atoms with E-state index in [1.807, 2.05) is 6.07 Å². The Kier molecular flexibility index (Phi) is 5.19. The van der Waals surface area contributed by atoms with Gasteiger partial charge in [-0.25, -0.2) is 4.39 Å². The third-order valence-electron chi connectivity index (χ3n) is 4.25. The van der Waals surface area contributed by atoms with Gasteiger partial charge in [0, 0.05) is 36.8 Å². The first-order valence-electron chi connectivity index (χ1n) is 8.03. The van der Waals surface area contributed by atoms with E-state index in [4.69, 9.17) is 16.9 Å². The molecule has 0 aliphatic carbocycles. The van der Waals surface area contributed by atoms with Crippen LogP contribution >= 0.6 is 11.6 Å². The summed E-state index contributed by atoms with van der Waals surface area (Å²) >= 11 is 5.84. The minimum atomic E-state index is -0.619. The SMILES string of the molecule is N#Cc1cccc(C(=O)N2CCN(C(=O)c3cc(Cl)ccc3F)CC2)c1. The topological polar surface area (TPSA) is 64.4 Å². The van der Waals surface area contributed by atoms with Crippen LogP contribution in [0, 0.1) is 17.1 Å². The number of benzene rings is 2. The lowest BCUT2D eigenvalue weighted by Gasteiger charge is -2.35. The van der Waals surface area contributed by atoms with E-state index in [0.29, 0.717) is 42.3 Å². The van der Waals surface area contributed by atoms with Crippen LogP contribution in [0.1, 0.15) is 26.3 Å². The second-order valence-corrected chi connectivity index (χ2v) is 6.34. The van der Waals surface area contributed by atoms with Crippen molar-refractivity contribution in [2.75, 3.05) is 26.2 Å². The van der Waals surface area contributed by atoms with Crippen LogP contribution in [0.25, 0.3) is 0 Å². The summed E-state index contributed by atoms with van der Waals surface area (Å²) in [5, 5.41) is 9.23. The monoisotopic (exact) mass is 371 g/mol. The highest BCUT2D eigenvalue weighted by atomic mass is 35.5. The molecule has 1 saturated heterocycles. The Balaban J connectivity index is 1.67. The molecular formula is C19H15ClFN3O2. The maximum atomic E-state index is 13.9. The standard InChI is InChI=1S/C19H15ClFN3O2/c20-15-4-5-17(21)16(11-15)19(26)24-8-6-23(7-9-24)18(25)14-3-1-2-13(10-14)12-22/h1-5,10-11H,6-9H2. The van der Waals surface area contributed by atoms with Gasteiger partial charge in [0.2, 0.25) is 0 Å². The summed E-state index contributed by atoms with van der Waals surface area (Å²) in [7, 11) is 0. The number of rotatable bonds is 2. The Bertz CT molecular complexity index is 902. The number of halogens is 2. The highest BCUT2D eigenvalue weighted by molar-refractivity contribution is 6.31. The van der Waals surface area contributed by atoms with Crippen LogP contribution in [0.2, 0.25) is 5.02 Å². The number of carbonyl (C=O) groups is 2. The fourth-order valence-electron chi connectivity index (χ4n) is 2.85. The van der Waals surface area contributed by atoms with Crippen molar-refractivity contribution in [1.29, 1.82) is 5.26 Å². The Morgan fingerprint density at radius 3 is 2.31 bits per heavy atom. The summed E-state index contributed by atoms with van der Waals surface area (Å²) in [6, 6.07) is 12.4. The molecule has 1 aliphatic rings. The zero-order chi connectivity index (χ0) is 18.7. The number of piperazine rings is 1. The molecule has 5 nitrogen and oxygen atoms in total. The lowest BCUT2D eigenvalue weighted by molar-refractivity contribution is 0.0533. The molecule has 1 fully saturated rings. The third-order valence-corrected chi connectivity index (χ3v) is 4.49. The second kappa shape index (κ2) is 7.54. The maximum Gasteiger partial charge on any atom is 0.257 e. The van der Waals surface area contributed by atoms with Crippen LogP contribution in [0.3, 0.4) is 0 Å². The maximum absolute atomic E-state index is 13.9. The summed E-state index contributed by atoms with van der Waals surface area (Å²) in [5.41, 5.74) is 0.782. The Hall–Kier alpha value is -2.91. The van der Waals surface area contributed by atoms with E-state index in [2.05, 4.69) is 0 Å². The average Bonchev–Trinajstić information content (AvgIpc) is 2.69. The van der Waals surface area contributed by atoms with Crippen LogP contribution in [-0.2, 0) is 0 Å². The predicted molar refractivity (Wildman–Crippen MR) is 94.4 cm³/mol. The van der Waals surface area contributed by atoms with Crippen molar-refractivity contribution >= 4 is 23.4 Å². The number of nitriles is 1. The van der Waals surface area contributed by atoms with Gasteiger partial charge in [0.25, 0.3) is 11.8 Å². The third kappa shape index (κ3) is 3.68. The molecule has 132 valence electrons. The summed E-state index contributed by atoms with van der Waals surface area (Å²) in [6.07, 6.45) is 0. The van der Waals surface area contributed by atoms with Crippen LogP contribution in [-0.4, -0.2) is 47.8 Å². The zero-order valence-corrected chi connectivity index (χ0v) is 14.5. The Morgan fingerprint density at radius 2 is 1.65 bits per heavy atom. The molecule has 2 amide bonds. The number of amides is 2. The highest BCUT2D eigenvalue weighted by Crippen LogP contribution is 2.18. The molecule has 26 heavy (non-hydrogen) atoms. The molecule has 1 aliphatic heterocycles. The molecular weight excluding hydrogens is 357 g/mol. The molecule has 0 bridgehead atoms. The van der Waals surface area contributed by atoms with Crippen molar-refractivity contribution < 1.29 is 14.0 Å². The van der Waals surface area contributed by atoms with Gasteiger partial charge in [-0.15, -0.1) is 0 Å². The molecule has 0 spiro atoms. The number of hydrogen-bond acceptors (Lipinski definition) is 3. The van der Waals surface area contributed by atoms with Crippen molar-refractivity contribution in [1.82, 2.24) is 9.80 Å². The summed E-state index contributed by atoms with van der Waals surface area (Å²) in [6.45, 7) is 1.27.